The van der Waals surface area contributed by atoms with Gasteiger partial charge in [-0.2, -0.15) is 22.0 Å². The van der Waals surface area contributed by atoms with Crippen LogP contribution in [-0.4, -0.2) is 12.9 Å². The molecule has 0 spiro atoms. The molecule has 2 aromatic rings. The van der Waals surface area contributed by atoms with Crippen molar-refractivity contribution in [3.8, 4) is 0 Å². The summed E-state index contributed by atoms with van der Waals surface area (Å²) in [5, 5.41) is 0. The molecule has 0 aliphatic heterocycles. The summed E-state index contributed by atoms with van der Waals surface area (Å²) < 4.78 is 76.6. The molecule has 1 fully saturated rings. The molecule has 0 aromatic heterocycles. The van der Waals surface area contributed by atoms with Gasteiger partial charge in [0, 0.05) is 12.0 Å². The number of aryl methyl sites for hydroxylation is 1. The van der Waals surface area contributed by atoms with Crippen molar-refractivity contribution in [1.29, 1.82) is 0 Å². The van der Waals surface area contributed by atoms with Gasteiger partial charge in [-0.05, 0) is 54.2 Å². The molecule has 0 amide bonds. The van der Waals surface area contributed by atoms with Crippen molar-refractivity contribution in [2.24, 2.45) is 0 Å². The summed E-state index contributed by atoms with van der Waals surface area (Å²) in [6, 6.07) is 12.5. The summed E-state index contributed by atoms with van der Waals surface area (Å²) in [4.78, 5) is 0. The maximum Gasteiger partial charge on any atom is 0.458 e. The molecule has 0 radical (unpaired) electrons. The lowest BCUT2D eigenvalue weighted by atomic mass is 9.76. The van der Waals surface area contributed by atoms with Gasteiger partial charge in [0.1, 0.15) is 0 Å². The predicted octanol–water partition coefficient (Wildman–Crippen LogP) is 7.29. The van der Waals surface area contributed by atoms with Crippen LogP contribution in [0.4, 0.5) is 26.3 Å². The maximum atomic E-state index is 13.4. The molecule has 152 valence electrons. The molecule has 1 aliphatic carbocycles. The fraction of sp³-hybridized carbons (Fsp3) is 0.455. The van der Waals surface area contributed by atoms with E-state index in [-0.39, 0.29) is 12.6 Å². The molecule has 28 heavy (non-hydrogen) atoms. The molecule has 0 saturated heterocycles. The fourth-order valence-corrected chi connectivity index (χ4v) is 3.95. The van der Waals surface area contributed by atoms with Crippen LogP contribution in [0.25, 0.3) is 0 Å². The van der Waals surface area contributed by atoms with Gasteiger partial charge in [0.2, 0.25) is 0 Å². The topological polar surface area (TPSA) is 0 Å². The monoisotopic (exact) mass is 400 g/mol. The molecule has 3 rings (SSSR count). The van der Waals surface area contributed by atoms with Crippen molar-refractivity contribution in [2.45, 2.75) is 56.0 Å². The van der Waals surface area contributed by atoms with Gasteiger partial charge >= 0.3 is 12.1 Å². The van der Waals surface area contributed by atoms with E-state index in [0.29, 0.717) is 12.3 Å². The summed E-state index contributed by atoms with van der Waals surface area (Å²) in [6.45, 7) is -0.377. The minimum Gasteiger partial charge on any atom is -0.251 e. The minimum atomic E-state index is -5.59. The van der Waals surface area contributed by atoms with Crippen molar-refractivity contribution in [2.75, 3.05) is 6.67 Å². The molecule has 0 atom stereocenters. The van der Waals surface area contributed by atoms with Crippen LogP contribution in [0, 0.1) is 0 Å². The SMILES string of the molecule is FCCc1ccc(C2CCC(c3ccc(C(F)(F)C(F)(F)F)cc3)CC2)cc1. The largest absolute Gasteiger partial charge is 0.458 e. The third-order valence-corrected chi connectivity index (χ3v) is 5.66. The summed E-state index contributed by atoms with van der Waals surface area (Å²) in [6.07, 6.45) is -1.62. The van der Waals surface area contributed by atoms with Crippen LogP contribution < -0.4 is 0 Å². The van der Waals surface area contributed by atoms with E-state index in [1.165, 1.54) is 17.7 Å². The van der Waals surface area contributed by atoms with E-state index in [0.717, 1.165) is 48.9 Å². The lowest BCUT2D eigenvalue weighted by molar-refractivity contribution is -0.289. The molecule has 2 aromatic carbocycles. The summed E-state index contributed by atoms with van der Waals surface area (Å²) in [7, 11) is 0. The first-order valence-electron chi connectivity index (χ1n) is 9.42. The van der Waals surface area contributed by atoms with Crippen molar-refractivity contribution < 1.29 is 26.3 Å². The fourth-order valence-electron chi connectivity index (χ4n) is 3.95. The van der Waals surface area contributed by atoms with E-state index in [1.807, 2.05) is 24.3 Å². The van der Waals surface area contributed by atoms with Crippen molar-refractivity contribution in [3.05, 3.63) is 70.8 Å². The first-order valence-corrected chi connectivity index (χ1v) is 9.42. The van der Waals surface area contributed by atoms with Gasteiger partial charge in [-0.25, -0.2) is 0 Å². The molecule has 0 nitrogen and oxygen atoms in total. The highest BCUT2D eigenvalue weighted by Crippen LogP contribution is 2.45. The Morgan fingerprint density at radius 2 is 1.11 bits per heavy atom. The number of hydrogen-bond donors (Lipinski definition) is 0. The first kappa shape index (κ1) is 20.7. The van der Waals surface area contributed by atoms with Gasteiger partial charge < -0.3 is 0 Å². The molecule has 6 heteroatoms. The lowest BCUT2D eigenvalue weighted by Crippen LogP contribution is -2.33. The zero-order chi connectivity index (χ0) is 20.4. The second kappa shape index (κ2) is 8.18. The molecule has 0 bridgehead atoms. The second-order valence-electron chi connectivity index (χ2n) is 7.42. The standard InChI is InChI=1S/C22H22F6/c23-14-13-15-1-3-16(4-2-15)17-5-7-18(8-6-17)19-9-11-20(12-10-19)21(24,25)22(26,27)28/h1-4,9-12,17-18H,5-8,13-14H2. The minimum absolute atomic E-state index is 0.163. The normalized spacial score (nSPS) is 20.9. The van der Waals surface area contributed by atoms with Crippen LogP contribution in [0.1, 0.15) is 59.8 Å². The highest BCUT2D eigenvalue weighted by Gasteiger charge is 2.58. The zero-order valence-corrected chi connectivity index (χ0v) is 15.3. The van der Waals surface area contributed by atoms with Crippen LogP contribution in [0.3, 0.4) is 0 Å². The average Bonchev–Trinajstić information content (AvgIpc) is 2.68. The predicted molar refractivity (Wildman–Crippen MR) is 96.5 cm³/mol. The number of alkyl halides is 6. The number of halogens is 6. The first-order chi connectivity index (χ1) is 13.2. The highest BCUT2D eigenvalue weighted by atomic mass is 19.4. The Kier molecular flexibility index (Phi) is 6.06. The van der Waals surface area contributed by atoms with Crippen LogP contribution in [0.5, 0.6) is 0 Å². The molecule has 0 unspecified atom stereocenters. The molecule has 0 heterocycles. The molecule has 0 N–H and O–H groups in total. The number of benzene rings is 2. The Morgan fingerprint density at radius 1 is 0.679 bits per heavy atom. The van der Waals surface area contributed by atoms with Crippen molar-refractivity contribution >= 4 is 0 Å². The maximum absolute atomic E-state index is 13.4. The second-order valence-corrected chi connectivity index (χ2v) is 7.42. The molecule has 1 aliphatic rings. The van der Waals surface area contributed by atoms with Gasteiger partial charge in [-0.3, -0.25) is 4.39 Å². The van der Waals surface area contributed by atoms with Gasteiger partial charge in [0.05, 0.1) is 6.67 Å². The number of rotatable bonds is 5. The molecule has 1 saturated carbocycles. The Hall–Kier alpha value is -1.98. The van der Waals surface area contributed by atoms with E-state index >= 15 is 0 Å². The Bertz CT molecular complexity index is 753. The van der Waals surface area contributed by atoms with Gasteiger partial charge in [0.15, 0.2) is 0 Å². The van der Waals surface area contributed by atoms with E-state index < -0.39 is 17.7 Å². The van der Waals surface area contributed by atoms with Gasteiger partial charge in [-0.1, -0.05) is 48.5 Å². The van der Waals surface area contributed by atoms with Crippen LogP contribution >= 0.6 is 0 Å². The summed E-state index contributed by atoms with van der Waals surface area (Å²) in [5.74, 6) is -4.28. The van der Waals surface area contributed by atoms with E-state index in [4.69, 9.17) is 0 Å². The lowest BCUT2D eigenvalue weighted by Gasteiger charge is -2.29. The molecular weight excluding hydrogens is 378 g/mol. The van der Waals surface area contributed by atoms with Gasteiger partial charge in [-0.15, -0.1) is 0 Å². The molecular formula is C22H22F6. The van der Waals surface area contributed by atoms with Gasteiger partial charge in [0.25, 0.3) is 0 Å². The van der Waals surface area contributed by atoms with Crippen LogP contribution in [0.2, 0.25) is 0 Å². The van der Waals surface area contributed by atoms with Crippen LogP contribution in [-0.2, 0) is 12.3 Å². The Labute approximate surface area is 160 Å². The van der Waals surface area contributed by atoms with Crippen molar-refractivity contribution in [3.63, 3.8) is 0 Å². The summed E-state index contributed by atoms with van der Waals surface area (Å²) in [5.41, 5.74) is 1.96. The number of hydrogen-bond acceptors (Lipinski definition) is 0. The summed E-state index contributed by atoms with van der Waals surface area (Å²) >= 11 is 0. The van der Waals surface area contributed by atoms with E-state index in [2.05, 4.69) is 0 Å². The quantitative estimate of drug-likeness (QED) is 0.462. The van der Waals surface area contributed by atoms with Crippen LogP contribution in [0.15, 0.2) is 48.5 Å². The third kappa shape index (κ3) is 4.36. The van der Waals surface area contributed by atoms with Crippen molar-refractivity contribution in [1.82, 2.24) is 0 Å². The van der Waals surface area contributed by atoms with E-state index in [1.54, 1.807) is 0 Å². The Morgan fingerprint density at radius 3 is 1.50 bits per heavy atom. The van der Waals surface area contributed by atoms with E-state index in [9.17, 15) is 26.3 Å². The smallest absolute Gasteiger partial charge is 0.251 e. The Balaban J connectivity index is 1.62. The zero-order valence-electron chi connectivity index (χ0n) is 15.3. The average molecular weight is 400 g/mol. The third-order valence-electron chi connectivity index (χ3n) is 5.66. The highest BCUT2D eigenvalue weighted by molar-refractivity contribution is 5.30.